The Morgan fingerprint density at radius 1 is 1.25 bits per heavy atom. The minimum Gasteiger partial charge on any atom is -0.444 e. The minimum absolute atomic E-state index is 0. The van der Waals surface area contributed by atoms with E-state index < -0.39 is 33.8 Å². The number of nitrogens with zero attached hydrogens (tertiary/aromatic N) is 4. The number of alkyl halides is 3. The molecule has 0 atom stereocenters. The number of rotatable bonds is 5. The van der Waals surface area contributed by atoms with Gasteiger partial charge in [0.2, 0.25) is 0 Å². The number of hydrogen-bond acceptors (Lipinski definition) is 8. The zero-order valence-electron chi connectivity index (χ0n) is 21.8. The monoisotopic (exact) mass is 657 g/mol. The van der Waals surface area contributed by atoms with Gasteiger partial charge >= 0.3 is 23.2 Å². The van der Waals surface area contributed by atoms with E-state index >= 15 is 0 Å². The summed E-state index contributed by atoms with van der Waals surface area (Å²) in [6.45, 7) is 5.93. The molecule has 8 nitrogen and oxygen atoms in total. The molecule has 1 aliphatic heterocycles. The summed E-state index contributed by atoms with van der Waals surface area (Å²) in [7, 11) is -2.56. The molecule has 0 spiro atoms. The molecule has 0 bridgehead atoms. The van der Waals surface area contributed by atoms with Crippen LogP contribution < -0.4 is 0 Å². The molecule has 217 valence electrons. The van der Waals surface area contributed by atoms with Gasteiger partial charge in [0.25, 0.3) is 6.43 Å². The Kier molecular flexibility index (Phi) is 10.7. The van der Waals surface area contributed by atoms with Crippen LogP contribution in [0.2, 0.25) is 5.02 Å². The van der Waals surface area contributed by atoms with Crippen LogP contribution in [0, 0.1) is 5.92 Å². The molecule has 2 aliphatic rings. The Labute approximate surface area is 251 Å². The van der Waals surface area contributed by atoms with Gasteiger partial charge in [-0.3, -0.25) is 10.3 Å². The van der Waals surface area contributed by atoms with Crippen molar-refractivity contribution >= 4 is 50.8 Å². The average Bonchev–Trinajstić information content (AvgIpc) is 3.44. The fourth-order valence-corrected chi connectivity index (χ4v) is 5.31. The Bertz CT molecular complexity index is 1470. The average molecular weight is 658 g/mol. The molecule has 1 amide bonds. The standard InChI is InChI=1S/C21H20ClF2N4O4S2.C4H6F.Mn/c1-21(2,3)32-20(29)27-6-4-11(5-7-27)13-9-15(18-25-26-19(33-18)17(23)24)28-10-12(34(30)31)8-14(22)16(13)28;5-3-4-1-2-4;/h4,8-10,17H,5-7H2,1-3H3;1-3H2;/q2*-1;+2. The first kappa shape index (κ1) is 32.4. The van der Waals surface area contributed by atoms with Gasteiger partial charge in [0.05, 0.1) is 16.2 Å². The van der Waals surface area contributed by atoms with Crippen molar-refractivity contribution in [3.05, 3.63) is 45.9 Å². The van der Waals surface area contributed by atoms with Crippen molar-refractivity contribution in [1.29, 1.82) is 0 Å². The van der Waals surface area contributed by atoms with Gasteiger partial charge in [0, 0.05) is 18.7 Å². The predicted octanol–water partition coefficient (Wildman–Crippen LogP) is 7.06. The fraction of sp³-hybridized carbons (Fsp3) is 0.440. The van der Waals surface area contributed by atoms with Crippen LogP contribution in [0.4, 0.5) is 18.0 Å². The van der Waals surface area contributed by atoms with Crippen LogP contribution in [0.25, 0.3) is 21.8 Å². The van der Waals surface area contributed by atoms with Crippen LogP contribution in [-0.4, -0.2) is 51.0 Å². The molecule has 0 saturated heterocycles. The molecule has 1 saturated carbocycles. The third-order valence-corrected chi connectivity index (χ3v) is 7.68. The minimum atomic E-state index is -2.77. The van der Waals surface area contributed by atoms with E-state index in [1.165, 1.54) is 16.7 Å². The van der Waals surface area contributed by atoms with Crippen molar-refractivity contribution in [2.24, 2.45) is 0 Å². The molecule has 1 radical (unpaired) electrons. The molecule has 3 aromatic rings. The summed E-state index contributed by atoms with van der Waals surface area (Å²) in [5, 5.41) is 7.35. The van der Waals surface area contributed by atoms with Gasteiger partial charge in [0.1, 0.15) is 5.60 Å². The molecule has 4 heterocycles. The summed E-state index contributed by atoms with van der Waals surface area (Å²) in [4.78, 5) is 13.9. The summed E-state index contributed by atoms with van der Waals surface area (Å²) in [6, 6.07) is 3.05. The summed E-state index contributed by atoms with van der Waals surface area (Å²) < 4.78 is 67.5. The smallest absolute Gasteiger partial charge is 0.444 e. The van der Waals surface area contributed by atoms with E-state index in [2.05, 4.69) is 10.2 Å². The van der Waals surface area contributed by atoms with E-state index in [9.17, 15) is 26.4 Å². The Hall–Kier alpha value is -2.12. The Morgan fingerprint density at radius 3 is 2.42 bits per heavy atom. The first-order chi connectivity index (χ1) is 18.4. The van der Waals surface area contributed by atoms with Crippen LogP contribution in [0.5, 0.6) is 0 Å². The second-order valence-electron chi connectivity index (χ2n) is 9.96. The Morgan fingerprint density at radius 2 is 1.95 bits per heavy atom. The van der Waals surface area contributed by atoms with Crippen LogP contribution in [0.15, 0.2) is 29.3 Å². The SMILES string of the molecule is CC(C)(C)OC(=O)N1CC=C(c2cc(-c3nnc(C(F)F)s3)n3cc([S-](=O)=O)cc(Cl)c23)CC1.FC[C-]1CC1.[Mn+2]. The first-order valence-corrected chi connectivity index (χ1v) is 14.3. The molecule has 0 unspecified atom stereocenters. The summed E-state index contributed by atoms with van der Waals surface area (Å²) in [5.41, 5.74) is 1.86. The second kappa shape index (κ2) is 13.2. The second-order valence-corrected chi connectivity index (χ2v) is 12.3. The molecule has 1 fully saturated rings. The molecule has 0 N–H and O–H groups in total. The van der Waals surface area contributed by atoms with Crippen molar-refractivity contribution in [2.45, 2.75) is 57.0 Å². The maximum Gasteiger partial charge on any atom is 2.00 e. The summed E-state index contributed by atoms with van der Waals surface area (Å²) >= 11 is 7.20. The normalized spacial score (nSPS) is 15.5. The number of aromatic nitrogens is 3. The predicted molar refractivity (Wildman–Crippen MR) is 142 cm³/mol. The summed E-state index contributed by atoms with van der Waals surface area (Å²) in [6.07, 6.45) is 2.63. The Balaban J connectivity index is 0.000000662. The summed E-state index contributed by atoms with van der Waals surface area (Å²) in [5.74, 6) is 1.09. The van der Waals surface area contributed by atoms with Crippen molar-refractivity contribution in [2.75, 3.05) is 19.8 Å². The number of halogens is 4. The van der Waals surface area contributed by atoms with Crippen molar-refractivity contribution in [1.82, 2.24) is 19.5 Å². The molecule has 40 heavy (non-hydrogen) atoms. The van der Waals surface area contributed by atoms with Gasteiger partial charge in [-0.15, -0.1) is 10.2 Å². The van der Waals surface area contributed by atoms with Gasteiger partial charge in [-0.25, -0.2) is 26.4 Å². The molecule has 5 rings (SSSR count). The van der Waals surface area contributed by atoms with Crippen molar-refractivity contribution in [3.63, 3.8) is 0 Å². The fourth-order valence-electron chi connectivity index (χ4n) is 3.82. The van der Waals surface area contributed by atoms with Gasteiger partial charge in [-0.1, -0.05) is 40.0 Å². The zero-order valence-corrected chi connectivity index (χ0v) is 25.3. The van der Waals surface area contributed by atoms with E-state index in [0.29, 0.717) is 36.3 Å². The number of hydrogen-bond donors (Lipinski definition) is 0. The van der Waals surface area contributed by atoms with E-state index in [4.69, 9.17) is 16.3 Å². The number of ether oxygens (including phenoxy) is 1. The molecule has 0 aromatic carbocycles. The molecule has 1 aliphatic carbocycles. The van der Waals surface area contributed by atoms with E-state index in [0.717, 1.165) is 35.7 Å². The number of pyridine rings is 1. The van der Waals surface area contributed by atoms with Gasteiger partial charge in [0.15, 0.2) is 10.0 Å². The van der Waals surface area contributed by atoms with Crippen LogP contribution in [0.1, 0.15) is 57.0 Å². The van der Waals surface area contributed by atoms with Crippen LogP contribution in [0.3, 0.4) is 0 Å². The van der Waals surface area contributed by atoms with E-state index in [1.54, 1.807) is 31.7 Å². The number of fused-ring (bicyclic) bond motifs is 1. The molecular formula is C25H26ClF3MnN4O4S2. The number of carbonyl (C=O) groups excluding carboxylic acids is 1. The topological polar surface area (TPSA) is 93.9 Å². The van der Waals surface area contributed by atoms with Crippen LogP contribution >= 0.6 is 22.9 Å². The maximum absolute atomic E-state index is 13.1. The first-order valence-electron chi connectivity index (χ1n) is 12.0. The van der Waals surface area contributed by atoms with Gasteiger partial charge < -0.3 is 22.5 Å². The number of carbonyl (C=O) groups is 1. The van der Waals surface area contributed by atoms with Gasteiger partial charge in [-0.05, 0) is 62.4 Å². The maximum atomic E-state index is 13.1. The van der Waals surface area contributed by atoms with Gasteiger partial charge in [-0.2, -0.15) is 0 Å². The third-order valence-electron chi connectivity index (χ3n) is 5.83. The third kappa shape index (κ3) is 7.79. The largest absolute Gasteiger partial charge is 2.00 e. The quantitative estimate of drug-likeness (QED) is 0.166. The molecule has 15 heteroatoms. The molecule has 3 aromatic heterocycles. The van der Waals surface area contributed by atoms with E-state index in [1.807, 2.05) is 6.08 Å². The van der Waals surface area contributed by atoms with E-state index in [-0.39, 0.29) is 38.7 Å². The van der Waals surface area contributed by atoms with Crippen molar-refractivity contribution in [3.8, 4) is 10.7 Å². The van der Waals surface area contributed by atoms with Crippen molar-refractivity contribution < 1.29 is 48.2 Å². The van der Waals surface area contributed by atoms with Crippen LogP contribution in [-0.2, 0) is 40.9 Å². The number of amides is 1. The zero-order chi connectivity index (χ0) is 28.5. The molecular weight excluding hydrogens is 632 g/mol.